The summed E-state index contributed by atoms with van der Waals surface area (Å²) in [5, 5.41) is 0.530. The van der Waals surface area contributed by atoms with Crippen LogP contribution in [0.1, 0.15) is 22.7 Å². The predicted octanol–water partition coefficient (Wildman–Crippen LogP) is 3.97. The Kier molecular flexibility index (Phi) is 3.64. The van der Waals surface area contributed by atoms with Gasteiger partial charge in [0, 0.05) is 16.7 Å². The molecule has 0 heterocycles. The second-order valence-electron chi connectivity index (χ2n) is 4.16. The van der Waals surface area contributed by atoms with Crippen LogP contribution in [-0.2, 0) is 0 Å². The lowest BCUT2D eigenvalue weighted by molar-refractivity contribution is 0.561. The van der Waals surface area contributed by atoms with E-state index < -0.39 is 17.7 Å². The highest BCUT2D eigenvalue weighted by Crippen LogP contribution is 2.26. The van der Waals surface area contributed by atoms with Crippen LogP contribution in [0.2, 0.25) is 5.02 Å². The quantitative estimate of drug-likeness (QED) is 0.875. The number of nitrogens with two attached hydrogens (primary N) is 1. The van der Waals surface area contributed by atoms with Crippen molar-refractivity contribution in [1.82, 2.24) is 0 Å². The highest BCUT2D eigenvalue weighted by Gasteiger charge is 2.16. The third-order valence-electron chi connectivity index (χ3n) is 2.82. The van der Waals surface area contributed by atoms with Crippen molar-refractivity contribution in [2.75, 3.05) is 0 Å². The maximum Gasteiger partial charge on any atom is 0.131 e. The van der Waals surface area contributed by atoms with Gasteiger partial charge in [-0.1, -0.05) is 23.7 Å². The van der Waals surface area contributed by atoms with Crippen molar-refractivity contribution in [3.8, 4) is 0 Å². The number of halogens is 3. The summed E-state index contributed by atoms with van der Waals surface area (Å²) in [4.78, 5) is 0. The SMILES string of the molecule is Cc1cc(C(N)c2cccc(Cl)c2)c(F)cc1F. The molecule has 0 aliphatic carbocycles. The van der Waals surface area contributed by atoms with Gasteiger partial charge in [-0.2, -0.15) is 0 Å². The number of aryl methyl sites for hydroxylation is 1. The molecule has 0 bridgehead atoms. The van der Waals surface area contributed by atoms with Crippen LogP contribution in [-0.4, -0.2) is 0 Å². The lowest BCUT2D eigenvalue weighted by atomic mass is 9.97. The van der Waals surface area contributed by atoms with Crippen LogP contribution in [0.25, 0.3) is 0 Å². The van der Waals surface area contributed by atoms with Crippen LogP contribution in [0.3, 0.4) is 0 Å². The average Bonchev–Trinajstić information content (AvgIpc) is 2.33. The van der Waals surface area contributed by atoms with Gasteiger partial charge in [-0.15, -0.1) is 0 Å². The summed E-state index contributed by atoms with van der Waals surface area (Å²) in [6.07, 6.45) is 0. The lowest BCUT2D eigenvalue weighted by Crippen LogP contribution is -2.14. The molecule has 2 N–H and O–H groups in total. The van der Waals surface area contributed by atoms with E-state index in [-0.39, 0.29) is 5.56 Å². The van der Waals surface area contributed by atoms with E-state index in [1.165, 1.54) is 6.07 Å². The topological polar surface area (TPSA) is 26.0 Å². The van der Waals surface area contributed by atoms with Gasteiger partial charge in [0.1, 0.15) is 11.6 Å². The van der Waals surface area contributed by atoms with E-state index in [1.807, 2.05) is 0 Å². The molecule has 4 heteroatoms. The highest BCUT2D eigenvalue weighted by molar-refractivity contribution is 6.30. The van der Waals surface area contributed by atoms with Crippen molar-refractivity contribution in [3.05, 3.63) is 69.7 Å². The Morgan fingerprint density at radius 3 is 2.50 bits per heavy atom. The fourth-order valence-corrected chi connectivity index (χ4v) is 2.00. The Hall–Kier alpha value is -1.45. The molecular weight excluding hydrogens is 256 g/mol. The fourth-order valence-electron chi connectivity index (χ4n) is 1.80. The molecule has 0 saturated carbocycles. The minimum absolute atomic E-state index is 0.260. The molecule has 0 spiro atoms. The predicted molar refractivity (Wildman–Crippen MR) is 68.6 cm³/mol. The van der Waals surface area contributed by atoms with E-state index in [0.717, 1.165) is 6.07 Å². The number of hydrogen-bond donors (Lipinski definition) is 1. The summed E-state index contributed by atoms with van der Waals surface area (Å²) in [6, 6.07) is 8.50. The summed E-state index contributed by atoms with van der Waals surface area (Å²) < 4.78 is 26.9. The number of rotatable bonds is 2. The fraction of sp³-hybridized carbons (Fsp3) is 0.143. The van der Waals surface area contributed by atoms with Gasteiger partial charge in [0.25, 0.3) is 0 Å². The standard InChI is InChI=1S/C14H12ClF2N/c1-8-5-11(13(17)7-12(8)16)14(18)9-3-2-4-10(15)6-9/h2-7,14H,18H2,1H3. The molecule has 0 aromatic heterocycles. The minimum atomic E-state index is -0.664. The third-order valence-corrected chi connectivity index (χ3v) is 3.06. The van der Waals surface area contributed by atoms with E-state index >= 15 is 0 Å². The van der Waals surface area contributed by atoms with E-state index in [0.29, 0.717) is 16.1 Å². The van der Waals surface area contributed by atoms with Crippen molar-refractivity contribution in [2.45, 2.75) is 13.0 Å². The van der Waals surface area contributed by atoms with E-state index in [2.05, 4.69) is 0 Å². The third kappa shape index (κ3) is 2.52. The molecule has 0 radical (unpaired) electrons. The van der Waals surface area contributed by atoms with Crippen LogP contribution >= 0.6 is 11.6 Å². The molecule has 0 aliphatic rings. The van der Waals surface area contributed by atoms with Crippen LogP contribution in [0.5, 0.6) is 0 Å². The maximum absolute atomic E-state index is 13.7. The molecule has 18 heavy (non-hydrogen) atoms. The largest absolute Gasteiger partial charge is 0.320 e. The van der Waals surface area contributed by atoms with Gasteiger partial charge in [-0.05, 0) is 36.2 Å². The van der Waals surface area contributed by atoms with Crippen LogP contribution < -0.4 is 5.73 Å². The Bertz CT molecular complexity index is 584. The zero-order valence-corrected chi connectivity index (χ0v) is 10.5. The van der Waals surface area contributed by atoms with E-state index in [9.17, 15) is 8.78 Å². The minimum Gasteiger partial charge on any atom is -0.320 e. The molecule has 2 rings (SSSR count). The van der Waals surface area contributed by atoms with Gasteiger partial charge >= 0.3 is 0 Å². The number of benzene rings is 2. The summed E-state index contributed by atoms with van der Waals surface area (Å²) in [5.41, 5.74) is 7.30. The molecule has 2 aromatic rings. The van der Waals surface area contributed by atoms with Crippen molar-refractivity contribution in [2.24, 2.45) is 5.73 Å². The average molecular weight is 268 g/mol. The second-order valence-corrected chi connectivity index (χ2v) is 4.59. The molecule has 0 amide bonds. The monoisotopic (exact) mass is 267 g/mol. The van der Waals surface area contributed by atoms with E-state index in [1.54, 1.807) is 31.2 Å². The summed E-state index contributed by atoms with van der Waals surface area (Å²) >= 11 is 5.86. The van der Waals surface area contributed by atoms with Gasteiger partial charge in [0.2, 0.25) is 0 Å². The first kappa shape index (κ1) is 13.0. The summed E-state index contributed by atoms with van der Waals surface area (Å²) in [7, 11) is 0. The maximum atomic E-state index is 13.7. The Morgan fingerprint density at radius 2 is 1.83 bits per heavy atom. The van der Waals surface area contributed by atoms with Crippen LogP contribution in [0, 0.1) is 18.6 Å². The van der Waals surface area contributed by atoms with Crippen molar-refractivity contribution in [3.63, 3.8) is 0 Å². The summed E-state index contributed by atoms with van der Waals surface area (Å²) in [6.45, 7) is 1.57. The molecule has 1 nitrogen and oxygen atoms in total. The zero-order valence-electron chi connectivity index (χ0n) is 9.75. The van der Waals surface area contributed by atoms with Crippen LogP contribution in [0.15, 0.2) is 36.4 Å². The molecule has 1 unspecified atom stereocenters. The molecule has 1 atom stereocenters. The van der Waals surface area contributed by atoms with Crippen molar-refractivity contribution in [1.29, 1.82) is 0 Å². The molecule has 0 aliphatic heterocycles. The lowest BCUT2D eigenvalue weighted by Gasteiger charge is -2.15. The van der Waals surface area contributed by atoms with Crippen molar-refractivity contribution < 1.29 is 8.78 Å². The Labute approximate surface area is 109 Å². The van der Waals surface area contributed by atoms with Crippen molar-refractivity contribution >= 4 is 11.6 Å². The Morgan fingerprint density at radius 1 is 1.11 bits per heavy atom. The van der Waals surface area contributed by atoms with Gasteiger partial charge < -0.3 is 5.73 Å². The number of hydrogen-bond acceptors (Lipinski definition) is 1. The first-order chi connectivity index (χ1) is 8.49. The Balaban J connectivity index is 2.46. The van der Waals surface area contributed by atoms with E-state index in [4.69, 9.17) is 17.3 Å². The molecule has 0 fully saturated rings. The first-order valence-corrected chi connectivity index (χ1v) is 5.83. The van der Waals surface area contributed by atoms with Gasteiger partial charge in [-0.25, -0.2) is 8.78 Å². The molecular formula is C14H12ClF2N. The highest BCUT2D eigenvalue weighted by atomic mass is 35.5. The molecule has 0 saturated heterocycles. The smallest absolute Gasteiger partial charge is 0.131 e. The van der Waals surface area contributed by atoms with Gasteiger partial charge in [0.15, 0.2) is 0 Å². The second kappa shape index (κ2) is 5.04. The van der Waals surface area contributed by atoms with Gasteiger partial charge in [0.05, 0.1) is 6.04 Å². The first-order valence-electron chi connectivity index (χ1n) is 5.45. The molecule has 2 aromatic carbocycles. The zero-order chi connectivity index (χ0) is 13.3. The normalized spacial score (nSPS) is 12.5. The molecule has 94 valence electrons. The summed E-state index contributed by atoms with van der Waals surface area (Å²) in [5.74, 6) is -1.22. The van der Waals surface area contributed by atoms with Crippen LogP contribution in [0.4, 0.5) is 8.78 Å². The van der Waals surface area contributed by atoms with Gasteiger partial charge in [-0.3, -0.25) is 0 Å².